The quantitative estimate of drug-likeness (QED) is 0.461. The van der Waals surface area contributed by atoms with Crippen molar-refractivity contribution in [1.82, 2.24) is 30.0 Å². The van der Waals surface area contributed by atoms with Crippen molar-refractivity contribution in [2.24, 2.45) is 0 Å². The second-order valence-electron chi connectivity index (χ2n) is 7.39. The minimum absolute atomic E-state index is 0.0876. The second kappa shape index (κ2) is 9.63. The van der Waals surface area contributed by atoms with Crippen molar-refractivity contribution >= 4 is 17.2 Å². The van der Waals surface area contributed by atoms with Crippen LogP contribution in [-0.4, -0.2) is 51.2 Å². The normalized spacial score (nSPS) is 11.1. The standard InChI is InChI=1S/C23H24N6OS/c1-28(2)16-17-5-7-18(8-6-17)23(30)26-11-12-29-22(21-4-3-13-31-21)19(14-27-29)20-15-24-9-10-25-20/h3-10,13-15H,11-12,16H2,1-2H3,(H,26,30). The Morgan fingerprint density at radius 3 is 2.65 bits per heavy atom. The molecule has 0 aliphatic rings. The molecular formula is C23H24N6OS. The molecule has 0 saturated carbocycles. The average molecular weight is 433 g/mol. The van der Waals surface area contributed by atoms with E-state index < -0.39 is 0 Å². The van der Waals surface area contributed by atoms with Crippen LogP contribution in [0.25, 0.3) is 21.8 Å². The van der Waals surface area contributed by atoms with Crippen LogP contribution in [0.3, 0.4) is 0 Å². The third kappa shape index (κ3) is 5.04. The number of benzene rings is 1. The molecule has 0 aliphatic heterocycles. The Bertz CT molecular complexity index is 1120. The maximum Gasteiger partial charge on any atom is 0.251 e. The highest BCUT2D eigenvalue weighted by molar-refractivity contribution is 7.13. The number of nitrogens with one attached hydrogen (secondary N) is 1. The molecule has 0 bridgehead atoms. The molecule has 0 unspecified atom stereocenters. The fraction of sp³-hybridized carbons (Fsp3) is 0.217. The number of aromatic nitrogens is 4. The molecule has 8 heteroatoms. The van der Waals surface area contributed by atoms with E-state index >= 15 is 0 Å². The second-order valence-corrected chi connectivity index (χ2v) is 8.34. The lowest BCUT2D eigenvalue weighted by Gasteiger charge is -2.11. The summed E-state index contributed by atoms with van der Waals surface area (Å²) in [5, 5.41) is 9.59. The topological polar surface area (TPSA) is 75.9 Å². The summed E-state index contributed by atoms with van der Waals surface area (Å²) in [5.41, 5.74) is 4.52. The van der Waals surface area contributed by atoms with Crippen LogP contribution in [0.2, 0.25) is 0 Å². The number of amides is 1. The first kappa shape index (κ1) is 20.9. The van der Waals surface area contributed by atoms with Gasteiger partial charge in [0.05, 0.1) is 35.2 Å². The molecule has 4 rings (SSSR count). The van der Waals surface area contributed by atoms with Crippen LogP contribution in [0.4, 0.5) is 0 Å². The monoisotopic (exact) mass is 432 g/mol. The van der Waals surface area contributed by atoms with Gasteiger partial charge in [-0.15, -0.1) is 11.3 Å². The van der Waals surface area contributed by atoms with E-state index in [1.165, 1.54) is 5.56 Å². The predicted molar refractivity (Wildman–Crippen MR) is 123 cm³/mol. The average Bonchev–Trinajstić information content (AvgIpc) is 3.44. The van der Waals surface area contributed by atoms with Gasteiger partial charge in [-0.2, -0.15) is 5.10 Å². The Labute approximate surface area is 185 Å². The van der Waals surface area contributed by atoms with Crippen molar-refractivity contribution in [3.05, 3.63) is 77.7 Å². The molecule has 3 heterocycles. The van der Waals surface area contributed by atoms with Crippen molar-refractivity contribution in [2.45, 2.75) is 13.1 Å². The van der Waals surface area contributed by atoms with Crippen LogP contribution in [0, 0.1) is 0 Å². The van der Waals surface area contributed by atoms with Gasteiger partial charge in [-0.05, 0) is 43.2 Å². The molecule has 0 atom stereocenters. The number of hydrogen-bond acceptors (Lipinski definition) is 6. The molecule has 0 saturated heterocycles. The third-order valence-electron chi connectivity index (χ3n) is 4.76. The van der Waals surface area contributed by atoms with Gasteiger partial charge in [0.2, 0.25) is 0 Å². The number of hydrogen-bond donors (Lipinski definition) is 1. The third-order valence-corrected chi connectivity index (χ3v) is 5.63. The molecule has 4 aromatic rings. The van der Waals surface area contributed by atoms with Gasteiger partial charge in [-0.1, -0.05) is 18.2 Å². The lowest BCUT2D eigenvalue weighted by Crippen LogP contribution is -2.27. The maximum absolute atomic E-state index is 12.5. The molecule has 1 amide bonds. The summed E-state index contributed by atoms with van der Waals surface area (Å²) < 4.78 is 1.91. The van der Waals surface area contributed by atoms with Crippen LogP contribution in [0.1, 0.15) is 15.9 Å². The van der Waals surface area contributed by atoms with Gasteiger partial charge in [-0.3, -0.25) is 19.4 Å². The van der Waals surface area contributed by atoms with Gasteiger partial charge in [0.25, 0.3) is 5.91 Å². The molecule has 0 fully saturated rings. The summed E-state index contributed by atoms with van der Waals surface area (Å²) >= 11 is 1.65. The fourth-order valence-corrected chi connectivity index (χ4v) is 4.15. The Balaban J connectivity index is 1.45. The van der Waals surface area contributed by atoms with E-state index in [0.717, 1.165) is 28.4 Å². The van der Waals surface area contributed by atoms with Gasteiger partial charge >= 0.3 is 0 Å². The summed E-state index contributed by atoms with van der Waals surface area (Å²) in [6.07, 6.45) is 6.88. The number of carbonyl (C=O) groups is 1. The first-order chi connectivity index (χ1) is 15.1. The summed E-state index contributed by atoms with van der Waals surface area (Å²) in [5.74, 6) is -0.0876. The van der Waals surface area contributed by atoms with E-state index in [9.17, 15) is 4.79 Å². The van der Waals surface area contributed by atoms with E-state index in [4.69, 9.17) is 0 Å². The van der Waals surface area contributed by atoms with Gasteiger partial charge < -0.3 is 10.2 Å². The smallest absolute Gasteiger partial charge is 0.251 e. The number of thiophene rings is 1. The molecule has 1 N–H and O–H groups in total. The maximum atomic E-state index is 12.5. The molecule has 0 aliphatic carbocycles. The Morgan fingerprint density at radius 1 is 1.13 bits per heavy atom. The van der Waals surface area contributed by atoms with Crippen molar-refractivity contribution in [1.29, 1.82) is 0 Å². The van der Waals surface area contributed by atoms with Gasteiger partial charge in [-0.25, -0.2) is 0 Å². The summed E-state index contributed by atoms with van der Waals surface area (Å²) in [6.45, 7) is 1.87. The zero-order valence-electron chi connectivity index (χ0n) is 17.5. The first-order valence-electron chi connectivity index (χ1n) is 10.00. The van der Waals surface area contributed by atoms with Crippen LogP contribution in [0.5, 0.6) is 0 Å². The van der Waals surface area contributed by atoms with E-state index in [1.54, 1.807) is 29.9 Å². The van der Waals surface area contributed by atoms with Crippen molar-refractivity contribution in [3.8, 4) is 21.8 Å². The van der Waals surface area contributed by atoms with Gasteiger partial charge in [0, 0.05) is 36.6 Å². The van der Waals surface area contributed by atoms with Crippen LogP contribution >= 0.6 is 11.3 Å². The lowest BCUT2D eigenvalue weighted by molar-refractivity contribution is 0.0952. The zero-order valence-corrected chi connectivity index (χ0v) is 18.3. The summed E-state index contributed by atoms with van der Waals surface area (Å²) in [4.78, 5) is 24.3. The summed E-state index contributed by atoms with van der Waals surface area (Å²) in [7, 11) is 4.05. The largest absolute Gasteiger partial charge is 0.350 e. The van der Waals surface area contributed by atoms with Crippen molar-refractivity contribution in [3.63, 3.8) is 0 Å². The Kier molecular flexibility index (Phi) is 6.49. The van der Waals surface area contributed by atoms with Crippen LogP contribution in [0.15, 0.2) is 66.6 Å². The van der Waals surface area contributed by atoms with E-state index in [0.29, 0.717) is 18.7 Å². The number of nitrogens with zero attached hydrogens (tertiary/aromatic N) is 5. The highest BCUT2D eigenvalue weighted by atomic mass is 32.1. The first-order valence-corrected chi connectivity index (χ1v) is 10.9. The molecule has 158 valence electrons. The van der Waals surface area contributed by atoms with E-state index in [1.807, 2.05) is 60.7 Å². The van der Waals surface area contributed by atoms with Gasteiger partial charge in [0.1, 0.15) is 0 Å². The summed E-state index contributed by atoms with van der Waals surface area (Å²) in [6, 6.07) is 11.8. The Morgan fingerprint density at radius 2 is 1.97 bits per heavy atom. The highest BCUT2D eigenvalue weighted by Gasteiger charge is 2.17. The lowest BCUT2D eigenvalue weighted by atomic mass is 10.1. The van der Waals surface area contributed by atoms with Crippen molar-refractivity contribution < 1.29 is 4.79 Å². The molecule has 7 nitrogen and oxygen atoms in total. The van der Waals surface area contributed by atoms with Gasteiger partial charge in [0.15, 0.2) is 0 Å². The molecule has 1 aromatic carbocycles. The zero-order chi connectivity index (χ0) is 21.6. The SMILES string of the molecule is CN(C)Cc1ccc(C(=O)NCCn2ncc(-c3cnccn3)c2-c2cccs2)cc1. The van der Waals surface area contributed by atoms with Crippen LogP contribution < -0.4 is 5.32 Å². The molecule has 3 aromatic heterocycles. The molecule has 0 radical (unpaired) electrons. The minimum Gasteiger partial charge on any atom is -0.350 e. The minimum atomic E-state index is -0.0876. The molecule has 31 heavy (non-hydrogen) atoms. The van der Waals surface area contributed by atoms with E-state index in [-0.39, 0.29) is 5.91 Å². The molecular weight excluding hydrogens is 408 g/mol. The van der Waals surface area contributed by atoms with Crippen molar-refractivity contribution in [2.75, 3.05) is 20.6 Å². The predicted octanol–water partition coefficient (Wildman–Crippen LogP) is 3.56. The fourth-order valence-electron chi connectivity index (χ4n) is 3.36. The number of rotatable bonds is 8. The number of carbonyl (C=O) groups excluding carboxylic acids is 1. The molecule has 0 spiro atoms. The Hall–Kier alpha value is -3.36. The van der Waals surface area contributed by atoms with Crippen LogP contribution in [-0.2, 0) is 13.1 Å². The highest BCUT2D eigenvalue weighted by Crippen LogP contribution is 2.33. The van der Waals surface area contributed by atoms with E-state index in [2.05, 4.69) is 31.3 Å².